The van der Waals surface area contributed by atoms with Crippen molar-refractivity contribution in [2.24, 2.45) is 0 Å². The fourth-order valence-corrected chi connectivity index (χ4v) is 5.62. The molecule has 1 aliphatic carbocycles. The van der Waals surface area contributed by atoms with Crippen molar-refractivity contribution in [3.63, 3.8) is 0 Å². The van der Waals surface area contributed by atoms with E-state index in [0.29, 0.717) is 6.54 Å². The molecule has 1 fully saturated rings. The number of hydrogen-bond donors (Lipinski definition) is 1. The summed E-state index contributed by atoms with van der Waals surface area (Å²) in [5.74, 6) is -0.257. The van der Waals surface area contributed by atoms with Gasteiger partial charge in [0, 0.05) is 17.1 Å². The van der Waals surface area contributed by atoms with Gasteiger partial charge in [-0.15, -0.1) is 0 Å². The third kappa shape index (κ3) is 6.14. The van der Waals surface area contributed by atoms with Crippen LogP contribution in [-0.2, 0) is 21.2 Å². The Kier molecular flexibility index (Phi) is 7.86. The molecule has 7 heteroatoms. The molecule has 5 nitrogen and oxygen atoms in total. The summed E-state index contributed by atoms with van der Waals surface area (Å²) in [4.78, 5) is 12.8. The SMILES string of the molecule is O=C(CN(C1CCCCC1)S(=O)(=O)c1ccc(Br)cc1)NCCc1ccccc1. The van der Waals surface area contributed by atoms with E-state index in [4.69, 9.17) is 0 Å². The number of nitrogens with one attached hydrogen (secondary N) is 1. The van der Waals surface area contributed by atoms with Crippen molar-refractivity contribution in [3.8, 4) is 0 Å². The Morgan fingerprint density at radius 3 is 2.31 bits per heavy atom. The summed E-state index contributed by atoms with van der Waals surface area (Å²) in [6, 6.07) is 16.4. The number of benzene rings is 2. The predicted octanol–water partition coefficient (Wildman–Crippen LogP) is 4.13. The van der Waals surface area contributed by atoms with Gasteiger partial charge in [0.1, 0.15) is 0 Å². The monoisotopic (exact) mass is 478 g/mol. The quantitative estimate of drug-likeness (QED) is 0.619. The van der Waals surface area contributed by atoms with Crippen molar-refractivity contribution in [2.75, 3.05) is 13.1 Å². The highest BCUT2D eigenvalue weighted by molar-refractivity contribution is 9.10. The second-order valence-electron chi connectivity index (χ2n) is 7.38. The summed E-state index contributed by atoms with van der Waals surface area (Å²) in [7, 11) is -3.74. The molecule has 0 aromatic heterocycles. The van der Waals surface area contributed by atoms with Crippen molar-refractivity contribution >= 4 is 31.9 Å². The van der Waals surface area contributed by atoms with Crippen LogP contribution in [0.4, 0.5) is 0 Å². The first-order valence-electron chi connectivity index (χ1n) is 10.0. The molecule has 2 aromatic rings. The molecule has 1 amide bonds. The molecule has 3 rings (SSSR count). The lowest BCUT2D eigenvalue weighted by atomic mass is 9.95. The van der Waals surface area contributed by atoms with Crippen molar-refractivity contribution in [1.82, 2.24) is 9.62 Å². The number of amides is 1. The standard InChI is InChI=1S/C22H27BrN2O3S/c23-19-11-13-21(14-12-19)29(27,28)25(20-9-5-2-6-10-20)17-22(26)24-16-15-18-7-3-1-4-8-18/h1,3-4,7-8,11-14,20H,2,5-6,9-10,15-17H2,(H,24,26). The molecule has 156 valence electrons. The largest absolute Gasteiger partial charge is 0.355 e. The molecule has 1 N–H and O–H groups in total. The van der Waals surface area contributed by atoms with Crippen LogP contribution in [0.5, 0.6) is 0 Å². The maximum absolute atomic E-state index is 13.3. The number of carbonyl (C=O) groups excluding carboxylic acids is 1. The summed E-state index contributed by atoms with van der Waals surface area (Å²) in [5, 5.41) is 2.88. The molecule has 0 unspecified atom stereocenters. The van der Waals surface area contributed by atoms with Gasteiger partial charge < -0.3 is 5.32 Å². The Balaban J connectivity index is 1.69. The minimum absolute atomic E-state index is 0.128. The highest BCUT2D eigenvalue weighted by atomic mass is 79.9. The second-order valence-corrected chi connectivity index (χ2v) is 10.2. The number of halogens is 1. The van der Waals surface area contributed by atoms with Crippen LogP contribution in [0, 0.1) is 0 Å². The number of nitrogens with zero attached hydrogens (tertiary/aromatic N) is 1. The van der Waals surface area contributed by atoms with Gasteiger partial charge in [-0.1, -0.05) is 65.5 Å². The zero-order chi connectivity index (χ0) is 20.7. The average molecular weight is 479 g/mol. The van der Waals surface area contributed by atoms with Gasteiger partial charge >= 0.3 is 0 Å². The molecule has 0 atom stereocenters. The maximum atomic E-state index is 13.3. The number of rotatable bonds is 8. The van der Waals surface area contributed by atoms with Gasteiger partial charge in [-0.2, -0.15) is 4.31 Å². The van der Waals surface area contributed by atoms with E-state index in [1.165, 1.54) is 4.31 Å². The molecule has 29 heavy (non-hydrogen) atoms. The normalized spacial score (nSPS) is 15.4. The van der Waals surface area contributed by atoms with Gasteiger partial charge in [0.05, 0.1) is 11.4 Å². The molecule has 0 radical (unpaired) electrons. The van der Waals surface area contributed by atoms with E-state index in [1.54, 1.807) is 24.3 Å². The van der Waals surface area contributed by atoms with Gasteiger partial charge in [-0.3, -0.25) is 4.79 Å². The molecular formula is C22H27BrN2O3S. The van der Waals surface area contributed by atoms with Crippen LogP contribution in [0.25, 0.3) is 0 Å². The van der Waals surface area contributed by atoms with Crippen molar-refractivity contribution in [3.05, 3.63) is 64.6 Å². The van der Waals surface area contributed by atoms with Gasteiger partial charge in [-0.25, -0.2) is 8.42 Å². The maximum Gasteiger partial charge on any atom is 0.243 e. The molecule has 2 aromatic carbocycles. The van der Waals surface area contributed by atoms with E-state index >= 15 is 0 Å². The number of hydrogen-bond acceptors (Lipinski definition) is 3. The molecule has 1 saturated carbocycles. The van der Waals surface area contributed by atoms with Crippen LogP contribution in [0.15, 0.2) is 64.0 Å². The molecule has 0 saturated heterocycles. The zero-order valence-corrected chi connectivity index (χ0v) is 18.8. The number of carbonyl (C=O) groups is 1. The minimum Gasteiger partial charge on any atom is -0.355 e. The first kappa shape index (κ1) is 22.0. The highest BCUT2D eigenvalue weighted by Crippen LogP contribution is 2.28. The van der Waals surface area contributed by atoms with Crippen LogP contribution >= 0.6 is 15.9 Å². The zero-order valence-electron chi connectivity index (χ0n) is 16.4. The Labute approximate surface area is 181 Å². The average Bonchev–Trinajstić information content (AvgIpc) is 2.73. The van der Waals surface area contributed by atoms with E-state index in [0.717, 1.165) is 48.6 Å². The highest BCUT2D eigenvalue weighted by Gasteiger charge is 2.33. The van der Waals surface area contributed by atoms with Gasteiger partial charge in [0.25, 0.3) is 0 Å². The lowest BCUT2D eigenvalue weighted by molar-refractivity contribution is -0.121. The Morgan fingerprint density at radius 2 is 1.66 bits per heavy atom. The molecule has 0 heterocycles. The topological polar surface area (TPSA) is 66.5 Å². The van der Waals surface area contributed by atoms with Crippen LogP contribution in [0.3, 0.4) is 0 Å². The number of sulfonamides is 1. The van der Waals surface area contributed by atoms with Crippen LogP contribution < -0.4 is 5.32 Å². The summed E-state index contributed by atoms with van der Waals surface area (Å²) < 4.78 is 28.8. The first-order chi connectivity index (χ1) is 14.0. The fourth-order valence-electron chi connectivity index (χ4n) is 3.71. The lowest BCUT2D eigenvalue weighted by Crippen LogP contribution is -2.47. The summed E-state index contributed by atoms with van der Waals surface area (Å²) in [5.41, 5.74) is 1.14. The van der Waals surface area contributed by atoms with E-state index in [-0.39, 0.29) is 23.4 Å². The molecule has 0 spiro atoms. The van der Waals surface area contributed by atoms with Crippen molar-refractivity contribution in [1.29, 1.82) is 0 Å². The third-order valence-electron chi connectivity index (χ3n) is 5.28. The Morgan fingerprint density at radius 1 is 1.00 bits per heavy atom. The molecular weight excluding hydrogens is 452 g/mol. The predicted molar refractivity (Wildman–Crippen MR) is 118 cm³/mol. The first-order valence-corrected chi connectivity index (χ1v) is 12.3. The summed E-state index contributed by atoms with van der Waals surface area (Å²) in [6.07, 6.45) is 5.42. The van der Waals surface area contributed by atoms with E-state index in [9.17, 15) is 13.2 Å². The van der Waals surface area contributed by atoms with Crippen molar-refractivity contribution in [2.45, 2.75) is 49.5 Å². The fraction of sp³-hybridized carbons (Fsp3) is 0.409. The molecule has 0 aliphatic heterocycles. The van der Waals surface area contributed by atoms with E-state index in [1.807, 2.05) is 30.3 Å². The third-order valence-corrected chi connectivity index (χ3v) is 7.72. The minimum atomic E-state index is -3.74. The van der Waals surface area contributed by atoms with Gasteiger partial charge in [0.2, 0.25) is 15.9 Å². The van der Waals surface area contributed by atoms with E-state index in [2.05, 4.69) is 21.2 Å². The van der Waals surface area contributed by atoms with Crippen molar-refractivity contribution < 1.29 is 13.2 Å². The summed E-state index contributed by atoms with van der Waals surface area (Å²) in [6.45, 7) is 0.345. The summed E-state index contributed by atoms with van der Waals surface area (Å²) >= 11 is 3.34. The Hall–Kier alpha value is -1.70. The van der Waals surface area contributed by atoms with Crippen LogP contribution in [0.1, 0.15) is 37.7 Å². The molecule has 0 bridgehead atoms. The van der Waals surface area contributed by atoms with Crippen LogP contribution in [0.2, 0.25) is 0 Å². The Bertz CT molecular complexity index is 895. The molecule has 1 aliphatic rings. The van der Waals surface area contributed by atoms with Gasteiger partial charge in [0.15, 0.2) is 0 Å². The second kappa shape index (κ2) is 10.4. The lowest BCUT2D eigenvalue weighted by Gasteiger charge is -2.33. The smallest absolute Gasteiger partial charge is 0.243 e. The van der Waals surface area contributed by atoms with Crippen LogP contribution in [-0.4, -0.2) is 37.8 Å². The van der Waals surface area contributed by atoms with Gasteiger partial charge in [-0.05, 0) is 49.1 Å². The van der Waals surface area contributed by atoms with E-state index < -0.39 is 10.0 Å².